The third-order valence-electron chi connectivity index (χ3n) is 10.1. The average molecular weight is 714 g/mol. The lowest BCUT2D eigenvalue weighted by Crippen LogP contribution is -2.44. The predicted molar refractivity (Wildman–Crippen MR) is 213 cm³/mol. The molecule has 0 aliphatic rings. The second-order valence-corrected chi connectivity index (χ2v) is 14.3. The lowest BCUT2D eigenvalue weighted by Gasteiger charge is -2.23. The lowest BCUT2D eigenvalue weighted by atomic mass is 10.0. The van der Waals surface area contributed by atoms with Crippen molar-refractivity contribution in [3.63, 3.8) is 0 Å². The van der Waals surface area contributed by atoms with E-state index in [0.717, 1.165) is 52.2 Å². The van der Waals surface area contributed by atoms with Gasteiger partial charge in [0.2, 0.25) is 17.7 Å². The van der Waals surface area contributed by atoms with Gasteiger partial charge in [-0.25, -0.2) is 0 Å². The first-order valence-corrected chi connectivity index (χ1v) is 19.8. The summed E-state index contributed by atoms with van der Waals surface area (Å²) in [5, 5.41) is 8.08. The molecule has 0 aliphatic heterocycles. The van der Waals surface area contributed by atoms with Crippen LogP contribution in [0.5, 0.6) is 0 Å². The molecule has 8 N–H and O–H groups in total. The van der Waals surface area contributed by atoms with Crippen LogP contribution in [0.25, 0.3) is 21.8 Å². The molecule has 52 heavy (non-hydrogen) atoms. The van der Waals surface area contributed by atoms with Crippen molar-refractivity contribution in [2.24, 2.45) is 11.5 Å². The fourth-order valence-corrected chi connectivity index (χ4v) is 6.95. The van der Waals surface area contributed by atoms with Crippen molar-refractivity contribution in [1.82, 2.24) is 25.5 Å². The number of amides is 3. The Morgan fingerprint density at radius 1 is 0.615 bits per heavy atom. The molecule has 0 saturated heterocycles. The highest BCUT2D eigenvalue weighted by atomic mass is 16.2. The van der Waals surface area contributed by atoms with E-state index in [1.807, 2.05) is 65.8 Å². The predicted octanol–water partition coefficient (Wildman–Crippen LogP) is 6.63. The number of aromatic nitrogens is 2. The summed E-state index contributed by atoms with van der Waals surface area (Å²) in [5.74, 6) is -0.271. The molecular weight excluding hydrogens is 651 g/mol. The zero-order chi connectivity index (χ0) is 37.0. The Bertz CT molecular complexity index is 1540. The van der Waals surface area contributed by atoms with E-state index in [0.29, 0.717) is 58.3 Å². The van der Waals surface area contributed by atoms with Crippen molar-refractivity contribution in [2.45, 2.75) is 122 Å². The van der Waals surface area contributed by atoms with Gasteiger partial charge in [0.25, 0.3) is 0 Å². The number of para-hydroxylation sites is 2. The maximum Gasteiger partial charge on any atom is 0.237 e. The first-order chi connectivity index (χ1) is 25.4. The largest absolute Gasteiger partial charge is 0.361 e. The molecule has 0 spiro atoms. The van der Waals surface area contributed by atoms with Crippen LogP contribution in [-0.2, 0) is 27.2 Å². The molecule has 4 rings (SSSR count). The number of hydrogen-bond donors (Lipinski definition) is 6. The Kier molecular flexibility index (Phi) is 17.7. The molecular formula is C42H63N7O3. The molecule has 0 radical (unpaired) electrons. The van der Waals surface area contributed by atoms with E-state index < -0.39 is 12.1 Å². The van der Waals surface area contributed by atoms with Crippen LogP contribution in [0.3, 0.4) is 0 Å². The number of nitrogens with two attached hydrogens (primary N) is 2. The number of aromatic amines is 2. The highest BCUT2D eigenvalue weighted by Crippen LogP contribution is 2.20. The molecule has 10 heteroatoms. The van der Waals surface area contributed by atoms with Crippen LogP contribution in [0.4, 0.5) is 0 Å². The van der Waals surface area contributed by atoms with Crippen LogP contribution in [-0.4, -0.2) is 70.9 Å². The molecule has 2 aromatic heterocycles. The summed E-state index contributed by atoms with van der Waals surface area (Å²) in [4.78, 5) is 47.4. The van der Waals surface area contributed by atoms with E-state index in [2.05, 4.69) is 27.5 Å². The summed E-state index contributed by atoms with van der Waals surface area (Å²) in [6, 6.07) is 14.6. The number of carbonyl (C=O) groups is 3. The summed E-state index contributed by atoms with van der Waals surface area (Å²) in [5.41, 5.74) is 16.6. The summed E-state index contributed by atoms with van der Waals surface area (Å²) in [6.45, 7) is 4.18. The van der Waals surface area contributed by atoms with E-state index in [1.165, 1.54) is 51.4 Å². The van der Waals surface area contributed by atoms with Crippen molar-refractivity contribution >= 4 is 39.5 Å². The number of nitrogens with zero attached hydrogens (tertiary/aromatic N) is 1. The molecule has 0 aliphatic carbocycles. The molecule has 2 atom stereocenters. The quantitative estimate of drug-likeness (QED) is 0.0402. The summed E-state index contributed by atoms with van der Waals surface area (Å²) >= 11 is 0. The van der Waals surface area contributed by atoms with Crippen LogP contribution >= 0.6 is 0 Å². The molecule has 0 saturated carbocycles. The van der Waals surface area contributed by atoms with Gasteiger partial charge in [-0.15, -0.1) is 0 Å². The van der Waals surface area contributed by atoms with Gasteiger partial charge < -0.3 is 37.0 Å². The number of nitrogens with one attached hydrogen (secondary N) is 4. The number of fused-ring (bicyclic) bond motifs is 2. The zero-order valence-electron chi connectivity index (χ0n) is 31.4. The molecule has 3 amide bonds. The van der Waals surface area contributed by atoms with E-state index in [9.17, 15) is 14.4 Å². The van der Waals surface area contributed by atoms with Gasteiger partial charge in [-0.2, -0.15) is 0 Å². The normalized spacial score (nSPS) is 12.6. The topological polar surface area (TPSA) is 162 Å². The summed E-state index contributed by atoms with van der Waals surface area (Å²) in [6.07, 6.45) is 20.1. The van der Waals surface area contributed by atoms with Gasteiger partial charge in [-0.1, -0.05) is 108 Å². The SMILES string of the molecule is CCCCCCCCCCCCCC(=O)N(CCCNC(=O)[C@@H](N)Cc1c[nH]c2ccccc12)CCCNC(=O)[C@@H](N)Cc1c[nH]c2ccccc12. The van der Waals surface area contributed by atoms with E-state index in [1.54, 1.807) is 0 Å². The molecule has 0 bridgehead atoms. The van der Waals surface area contributed by atoms with Gasteiger partial charge in [-0.3, -0.25) is 14.4 Å². The fourth-order valence-electron chi connectivity index (χ4n) is 6.95. The highest BCUT2D eigenvalue weighted by molar-refractivity contribution is 5.87. The molecule has 0 fully saturated rings. The second-order valence-electron chi connectivity index (χ2n) is 14.3. The van der Waals surface area contributed by atoms with Crippen LogP contribution in [0.1, 0.15) is 108 Å². The Morgan fingerprint density at radius 3 is 1.50 bits per heavy atom. The van der Waals surface area contributed by atoms with Crippen LogP contribution < -0.4 is 22.1 Å². The van der Waals surface area contributed by atoms with Crippen molar-refractivity contribution in [3.8, 4) is 0 Å². The monoisotopic (exact) mass is 713 g/mol. The third kappa shape index (κ3) is 13.4. The van der Waals surface area contributed by atoms with Crippen LogP contribution in [0.2, 0.25) is 0 Å². The van der Waals surface area contributed by atoms with Crippen LogP contribution in [0, 0.1) is 0 Å². The van der Waals surface area contributed by atoms with E-state index in [-0.39, 0.29) is 17.7 Å². The number of H-pyrrole nitrogens is 2. The van der Waals surface area contributed by atoms with Gasteiger partial charge in [0.15, 0.2) is 0 Å². The van der Waals surface area contributed by atoms with Crippen molar-refractivity contribution in [2.75, 3.05) is 26.2 Å². The van der Waals surface area contributed by atoms with Gasteiger partial charge in [-0.05, 0) is 55.4 Å². The molecule has 10 nitrogen and oxygen atoms in total. The molecule has 0 unspecified atom stereocenters. The van der Waals surface area contributed by atoms with Crippen molar-refractivity contribution < 1.29 is 14.4 Å². The van der Waals surface area contributed by atoms with Gasteiger partial charge in [0.05, 0.1) is 12.1 Å². The number of carbonyl (C=O) groups excluding carboxylic acids is 3. The highest BCUT2D eigenvalue weighted by Gasteiger charge is 2.19. The van der Waals surface area contributed by atoms with Gasteiger partial charge in [0.1, 0.15) is 0 Å². The Labute approximate surface area is 310 Å². The zero-order valence-corrected chi connectivity index (χ0v) is 31.4. The molecule has 2 heterocycles. The summed E-state index contributed by atoms with van der Waals surface area (Å²) < 4.78 is 0. The fraction of sp³-hybridized carbons (Fsp3) is 0.548. The van der Waals surface area contributed by atoms with E-state index in [4.69, 9.17) is 11.5 Å². The van der Waals surface area contributed by atoms with Crippen molar-refractivity contribution in [3.05, 3.63) is 72.1 Å². The Morgan fingerprint density at radius 2 is 1.04 bits per heavy atom. The minimum atomic E-state index is -0.663. The number of hydrogen-bond acceptors (Lipinski definition) is 5. The smallest absolute Gasteiger partial charge is 0.237 e. The summed E-state index contributed by atoms with van der Waals surface area (Å²) in [7, 11) is 0. The number of benzene rings is 2. The number of rotatable bonds is 26. The first-order valence-electron chi connectivity index (χ1n) is 19.8. The van der Waals surface area contributed by atoms with Crippen molar-refractivity contribution in [1.29, 1.82) is 0 Å². The third-order valence-corrected chi connectivity index (χ3v) is 10.1. The van der Waals surface area contributed by atoms with E-state index >= 15 is 0 Å². The minimum absolute atomic E-state index is 0.126. The maximum atomic E-state index is 13.4. The Hall–Kier alpha value is -4.15. The molecule has 4 aromatic rings. The second kappa shape index (κ2) is 22.7. The maximum absolute atomic E-state index is 13.4. The minimum Gasteiger partial charge on any atom is -0.361 e. The molecule has 284 valence electrons. The van der Waals surface area contributed by atoms with Gasteiger partial charge in [0, 0.05) is 66.8 Å². The Balaban J connectivity index is 1.18. The van der Waals surface area contributed by atoms with Crippen LogP contribution in [0.15, 0.2) is 60.9 Å². The molecule has 2 aromatic carbocycles. The number of unbranched alkanes of at least 4 members (excludes halogenated alkanes) is 10. The van der Waals surface area contributed by atoms with Gasteiger partial charge >= 0.3 is 0 Å². The average Bonchev–Trinajstić information content (AvgIpc) is 3.76. The standard InChI is InChI=1S/C42H63N7O3/c1-2-3-4-5-6-7-8-9-10-11-12-23-40(50)49(26-17-24-45-41(51)36(43)28-32-30-47-38-21-15-13-19-34(32)38)27-18-25-46-42(52)37(44)29-33-31-48-39-22-16-14-20-35(33)39/h13-16,19-22,30-31,36-37,47-48H,2-12,17-18,23-29,43-44H2,1H3,(H,45,51)(H,46,52)/t36-,37-/m0/s1. The first kappa shape index (κ1) is 40.6. The lowest BCUT2D eigenvalue weighted by molar-refractivity contribution is -0.131.